The topological polar surface area (TPSA) is 86.5 Å². The molecular formula is C29H36N6O2. The van der Waals surface area contributed by atoms with E-state index < -0.39 is 0 Å². The number of ether oxygens (including phenoxy) is 1. The molecule has 1 saturated heterocycles. The Morgan fingerprint density at radius 3 is 2.57 bits per heavy atom. The molecule has 0 radical (unpaired) electrons. The molecule has 8 heteroatoms. The van der Waals surface area contributed by atoms with E-state index in [4.69, 9.17) is 14.6 Å². The minimum atomic E-state index is -0.0151. The molecule has 4 rings (SSSR count). The van der Waals surface area contributed by atoms with Gasteiger partial charge >= 0.3 is 0 Å². The third kappa shape index (κ3) is 6.37. The minimum absolute atomic E-state index is 0.0151. The molecule has 0 saturated carbocycles. The maximum Gasteiger partial charge on any atom is 0.229 e. The van der Waals surface area contributed by atoms with Crippen LogP contribution >= 0.6 is 0 Å². The highest BCUT2D eigenvalue weighted by Gasteiger charge is 2.31. The average Bonchev–Trinajstić information content (AvgIpc) is 3.40. The van der Waals surface area contributed by atoms with E-state index in [1.807, 2.05) is 44.2 Å². The van der Waals surface area contributed by atoms with Crippen LogP contribution in [0, 0.1) is 25.2 Å². The Hall–Kier alpha value is -3.67. The van der Waals surface area contributed by atoms with Gasteiger partial charge in [-0.25, -0.2) is 10.0 Å². The van der Waals surface area contributed by atoms with Crippen LogP contribution in [-0.2, 0) is 4.84 Å². The molecule has 0 amide bonds. The number of hydroxylamine groups is 1. The van der Waals surface area contributed by atoms with Crippen LogP contribution in [0.5, 0.6) is 5.75 Å². The van der Waals surface area contributed by atoms with Crippen molar-refractivity contribution >= 4 is 17.5 Å². The van der Waals surface area contributed by atoms with Gasteiger partial charge in [0.2, 0.25) is 5.95 Å². The highest BCUT2D eigenvalue weighted by atomic mass is 16.7. The molecule has 1 fully saturated rings. The van der Waals surface area contributed by atoms with E-state index in [0.29, 0.717) is 30.5 Å². The lowest BCUT2D eigenvalue weighted by molar-refractivity contribution is 0.156. The number of aryl methyl sites for hydroxylation is 2. The molecule has 3 aromatic rings. The fourth-order valence-electron chi connectivity index (χ4n) is 4.72. The summed E-state index contributed by atoms with van der Waals surface area (Å²) in [5.74, 6) is 1.79. The minimum Gasteiger partial charge on any atom is -0.493 e. The van der Waals surface area contributed by atoms with Gasteiger partial charge in [0.1, 0.15) is 17.4 Å². The molecule has 1 aliphatic heterocycles. The summed E-state index contributed by atoms with van der Waals surface area (Å²) >= 11 is 0. The van der Waals surface area contributed by atoms with Crippen molar-refractivity contribution in [3.05, 3.63) is 70.9 Å². The number of nitriles is 1. The van der Waals surface area contributed by atoms with Crippen molar-refractivity contribution in [1.29, 1.82) is 5.26 Å². The lowest BCUT2D eigenvalue weighted by Gasteiger charge is -2.24. The summed E-state index contributed by atoms with van der Waals surface area (Å²) in [6, 6.07) is 16.4. The second-order valence-corrected chi connectivity index (χ2v) is 9.21. The molecule has 1 N–H and O–H groups in total. The lowest BCUT2D eigenvalue weighted by Crippen LogP contribution is -2.25. The molecule has 2 heterocycles. The molecule has 1 atom stereocenters. The number of nitrogens with zero attached hydrogens (tertiary/aromatic N) is 5. The van der Waals surface area contributed by atoms with Gasteiger partial charge in [-0.15, -0.1) is 0 Å². The van der Waals surface area contributed by atoms with Crippen molar-refractivity contribution in [3.8, 4) is 11.8 Å². The number of benzene rings is 2. The molecule has 2 aromatic carbocycles. The van der Waals surface area contributed by atoms with Crippen LogP contribution in [0.4, 0.5) is 17.5 Å². The highest BCUT2D eigenvalue weighted by Crippen LogP contribution is 2.36. The highest BCUT2D eigenvalue weighted by molar-refractivity contribution is 5.62. The predicted octanol–water partition coefficient (Wildman–Crippen LogP) is 5.70. The summed E-state index contributed by atoms with van der Waals surface area (Å²) < 4.78 is 6.14. The van der Waals surface area contributed by atoms with Gasteiger partial charge in [-0.2, -0.15) is 10.2 Å². The Morgan fingerprint density at radius 1 is 1.16 bits per heavy atom. The average molecular weight is 501 g/mol. The summed E-state index contributed by atoms with van der Waals surface area (Å²) in [5.41, 5.74) is 4.45. The SMILES string of the molecule is CCN(CC)CCCOc1c(C)cc(Nc2ncc(C#N)c(N3OCC[C@@H]3c3ccccc3)n2)cc1C. The van der Waals surface area contributed by atoms with Crippen LogP contribution in [0.15, 0.2) is 48.7 Å². The maximum atomic E-state index is 9.72. The number of hydrogen-bond acceptors (Lipinski definition) is 8. The number of rotatable bonds is 11. The number of anilines is 3. The number of nitrogens with one attached hydrogen (secondary N) is 1. The molecule has 37 heavy (non-hydrogen) atoms. The van der Waals surface area contributed by atoms with Crippen LogP contribution in [0.25, 0.3) is 0 Å². The number of hydrogen-bond donors (Lipinski definition) is 1. The van der Waals surface area contributed by atoms with Crippen molar-refractivity contribution in [2.75, 3.05) is 43.2 Å². The van der Waals surface area contributed by atoms with Crippen molar-refractivity contribution in [1.82, 2.24) is 14.9 Å². The van der Waals surface area contributed by atoms with Crippen LogP contribution in [0.2, 0.25) is 0 Å². The quantitative estimate of drug-likeness (QED) is 0.336. The summed E-state index contributed by atoms with van der Waals surface area (Å²) in [4.78, 5) is 17.4. The summed E-state index contributed by atoms with van der Waals surface area (Å²) in [6.07, 6.45) is 3.35. The van der Waals surface area contributed by atoms with E-state index in [9.17, 15) is 5.26 Å². The van der Waals surface area contributed by atoms with Crippen molar-refractivity contribution in [2.45, 2.75) is 46.6 Å². The van der Waals surface area contributed by atoms with E-state index in [0.717, 1.165) is 60.6 Å². The summed E-state index contributed by atoms with van der Waals surface area (Å²) in [5, 5.41) is 14.8. The van der Waals surface area contributed by atoms with Gasteiger partial charge in [0.05, 0.1) is 25.5 Å². The summed E-state index contributed by atoms with van der Waals surface area (Å²) in [6.45, 7) is 12.9. The zero-order valence-electron chi connectivity index (χ0n) is 22.2. The molecule has 0 spiro atoms. The normalized spacial score (nSPS) is 15.1. The fraction of sp³-hybridized carbons (Fsp3) is 0.414. The van der Waals surface area contributed by atoms with E-state index in [2.05, 4.69) is 47.3 Å². The van der Waals surface area contributed by atoms with Gasteiger partial charge in [0.15, 0.2) is 5.82 Å². The second-order valence-electron chi connectivity index (χ2n) is 9.21. The zero-order valence-corrected chi connectivity index (χ0v) is 22.2. The number of aromatic nitrogens is 2. The van der Waals surface area contributed by atoms with Crippen LogP contribution in [-0.4, -0.2) is 47.7 Å². The van der Waals surface area contributed by atoms with Gasteiger partial charge in [-0.05, 0) is 62.2 Å². The standard InChI is InChI=1S/C29H36N6O2/c1-5-34(6-2)14-10-15-36-27-21(3)17-25(18-22(27)4)32-29-31-20-24(19-30)28(33-29)35-26(13-16-37-35)23-11-8-7-9-12-23/h7-9,11-12,17-18,20,26H,5-6,10,13-16H2,1-4H3,(H,31,32,33)/t26-/m1/s1. The van der Waals surface area contributed by atoms with Gasteiger partial charge in [0, 0.05) is 18.7 Å². The predicted molar refractivity (Wildman–Crippen MR) is 146 cm³/mol. The molecule has 0 bridgehead atoms. The van der Waals surface area contributed by atoms with Crippen LogP contribution in [0.3, 0.4) is 0 Å². The maximum absolute atomic E-state index is 9.72. The first-order valence-corrected chi connectivity index (χ1v) is 13.0. The van der Waals surface area contributed by atoms with Crippen LogP contribution in [0.1, 0.15) is 55.0 Å². The monoisotopic (exact) mass is 500 g/mol. The largest absolute Gasteiger partial charge is 0.493 e. The molecule has 194 valence electrons. The Morgan fingerprint density at radius 2 is 1.89 bits per heavy atom. The molecular weight excluding hydrogens is 464 g/mol. The molecule has 1 aliphatic rings. The molecule has 1 aromatic heterocycles. The van der Waals surface area contributed by atoms with Gasteiger partial charge in [0.25, 0.3) is 0 Å². The third-order valence-electron chi connectivity index (χ3n) is 6.66. The smallest absolute Gasteiger partial charge is 0.229 e. The van der Waals surface area contributed by atoms with Crippen molar-refractivity contribution < 1.29 is 9.57 Å². The van der Waals surface area contributed by atoms with E-state index in [1.165, 1.54) is 0 Å². The fourth-order valence-corrected chi connectivity index (χ4v) is 4.72. The van der Waals surface area contributed by atoms with E-state index in [-0.39, 0.29) is 6.04 Å². The van der Waals surface area contributed by atoms with E-state index >= 15 is 0 Å². The Labute approximate surface area is 219 Å². The first-order chi connectivity index (χ1) is 18.0. The van der Waals surface area contributed by atoms with E-state index in [1.54, 1.807) is 11.3 Å². The Bertz CT molecular complexity index is 1200. The molecule has 0 aliphatic carbocycles. The van der Waals surface area contributed by atoms with Gasteiger partial charge < -0.3 is 15.0 Å². The third-order valence-corrected chi connectivity index (χ3v) is 6.66. The van der Waals surface area contributed by atoms with Crippen molar-refractivity contribution in [3.63, 3.8) is 0 Å². The zero-order chi connectivity index (χ0) is 26.2. The molecule has 8 nitrogen and oxygen atoms in total. The van der Waals surface area contributed by atoms with Crippen molar-refractivity contribution in [2.24, 2.45) is 0 Å². The molecule has 0 unspecified atom stereocenters. The first-order valence-electron chi connectivity index (χ1n) is 13.0. The Balaban J connectivity index is 1.49. The van der Waals surface area contributed by atoms with Crippen LogP contribution < -0.4 is 15.1 Å². The first kappa shape index (κ1) is 26.4. The summed E-state index contributed by atoms with van der Waals surface area (Å²) in [7, 11) is 0. The Kier molecular flexibility index (Phi) is 8.94. The second kappa shape index (κ2) is 12.5. The van der Waals surface area contributed by atoms with Gasteiger partial charge in [-0.3, -0.25) is 4.84 Å². The van der Waals surface area contributed by atoms with Gasteiger partial charge in [-0.1, -0.05) is 44.2 Å². The lowest BCUT2D eigenvalue weighted by atomic mass is 10.0.